The second kappa shape index (κ2) is 9.37. The van der Waals surface area contributed by atoms with E-state index in [1.807, 2.05) is 6.92 Å². The fraction of sp³-hybridized carbons (Fsp3) is 0.333. The number of sulfonamides is 1. The summed E-state index contributed by atoms with van der Waals surface area (Å²) in [6.45, 7) is 2.04. The third-order valence-electron chi connectivity index (χ3n) is 6.28. The van der Waals surface area contributed by atoms with Crippen LogP contribution in [0.25, 0.3) is 10.9 Å². The van der Waals surface area contributed by atoms with E-state index in [1.54, 1.807) is 0 Å². The number of carbonyl (C=O) groups is 1. The van der Waals surface area contributed by atoms with Crippen molar-refractivity contribution < 1.29 is 26.4 Å². The summed E-state index contributed by atoms with van der Waals surface area (Å²) in [6.07, 6.45) is 0.549. The molecule has 35 heavy (non-hydrogen) atoms. The van der Waals surface area contributed by atoms with Crippen LogP contribution in [0.5, 0.6) is 0 Å². The van der Waals surface area contributed by atoms with Gasteiger partial charge in [0.15, 0.2) is 0 Å². The SMILES string of the molecule is CC1CCCCC1NC(=O)c1c[nH]c2ccc(S(=O)(=O)Nc3cccc(C(F)(F)F)c3)cc2c1=O. The van der Waals surface area contributed by atoms with E-state index in [9.17, 15) is 31.2 Å². The van der Waals surface area contributed by atoms with Gasteiger partial charge in [-0.15, -0.1) is 0 Å². The number of hydrogen-bond acceptors (Lipinski definition) is 4. The van der Waals surface area contributed by atoms with Crippen molar-refractivity contribution in [2.45, 2.75) is 49.7 Å². The zero-order chi connectivity index (χ0) is 25.4. The molecule has 1 saturated carbocycles. The molecule has 0 spiro atoms. The molecule has 0 aliphatic heterocycles. The monoisotopic (exact) mass is 507 g/mol. The van der Waals surface area contributed by atoms with Gasteiger partial charge in [0.1, 0.15) is 5.56 Å². The van der Waals surface area contributed by atoms with Gasteiger partial charge in [0.25, 0.3) is 15.9 Å². The van der Waals surface area contributed by atoms with Crippen molar-refractivity contribution >= 4 is 32.5 Å². The normalized spacial score (nSPS) is 18.9. The van der Waals surface area contributed by atoms with Crippen LogP contribution in [0, 0.1) is 5.92 Å². The summed E-state index contributed by atoms with van der Waals surface area (Å²) in [5.41, 5.74) is -1.75. The number of fused-ring (bicyclic) bond motifs is 1. The van der Waals surface area contributed by atoms with Crippen LogP contribution in [0.3, 0.4) is 0 Å². The van der Waals surface area contributed by atoms with E-state index in [0.29, 0.717) is 11.6 Å². The summed E-state index contributed by atoms with van der Waals surface area (Å²) >= 11 is 0. The van der Waals surface area contributed by atoms with Gasteiger partial charge in [0.2, 0.25) is 5.43 Å². The zero-order valence-electron chi connectivity index (χ0n) is 18.8. The molecule has 1 aliphatic rings. The number of aromatic nitrogens is 1. The first kappa shape index (κ1) is 24.8. The molecule has 1 fully saturated rings. The Bertz CT molecular complexity index is 1430. The molecule has 2 unspecified atom stereocenters. The van der Waals surface area contributed by atoms with E-state index in [2.05, 4.69) is 15.0 Å². The molecule has 186 valence electrons. The molecule has 7 nitrogen and oxygen atoms in total. The van der Waals surface area contributed by atoms with Crippen LogP contribution in [-0.2, 0) is 16.2 Å². The molecule has 1 aliphatic carbocycles. The van der Waals surface area contributed by atoms with Gasteiger partial charge in [-0.3, -0.25) is 14.3 Å². The Morgan fingerprint density at radius 1 is 1.09 bits per heavy atom. The molecule has 0 bridgehead atoms. The maximum absolute atomic E-state index is 13.1. The second-order valence-corrected chi connectivity index (χ2v) is 10.4. The minimum Gasteiger partial charge on any atom is -0.360 e. The topological polar surface area (TPSA) is 108 Å². The average molecular weight is 508 g/mol. The van der Waals surface area contributed by atoms with Crippen LogP contribution in [0.4, 0.5) is 18.9 Å². The van der Waals surface area contributed by atoms with Crippen LogP contribution in [0.2, 0.25) is 0 Å². The fourth-order valence-electron chi connectivity index (χ4n) is 4.28. The molecular weight excluding hydrogens is 483 g/mol. The number of amides is 1. The van der Waals surface area contributed by atoms with Gasteiger partial charge in [-0.05, 0) is 55.2 Å². The van der Waals surface area contributed by atoms with Gasteiger partial charge in [0, 0.05) is 28.8 Å². The van der Waals surface area contributed by atoms with E-state index < -0.39 is 33.1 Å². The minimum absolute atomic E-state index is 0.0266. The predicted octanol–water partition coefficient (Wildman–Crippen LogP) is 4.66. The summed E-state index contributed by atoms with van der Waals surface area (Å²) < 4.78 is 66.7. The number of nitrogens with one attached hydrogen (secondary N) is 3. The number of H-pyrrole nitrogens is 1. The lowest BCUT2D eigenvalue weighted by molar-refractivity contribution is -0.137. The molecule has 2 aromatic carbocycles. The summed E-state index contributed by atoms with van der Waals surface area (Å²) in [6, 6.07) is 7.42. The molecule has 11 heteroatoms. The van der Waals surface area contributed by atoms with Crippen LogP contribution < -0.4 is 15.5 Å². The number of hydrogen-bond donors (Lipinski definition) is 3. The van der Waals surface area contributed by atoms with Crippen LogP contribution >= 0.6 is 0 Å². The highest BCUT2D eigenvalue weighted by Crippen LogP contribution is 2.31. The quantitative estimate of drug-likeness (QED) is 0.467. The lowest BCUT2D eigenvalue weighted by atomic mass is 9.86. The third kappa shape index (κ3) is 5.34. The highest BCUT2D eigenvalue weighted by molar-refractivity contribution is 7.92. The lowest BCUT2D eigenvalue weighted by Gasteiger charge is -2.29. The summed E-state index contributed by atoms with van der Waals surface area (Å²) in [5, 5.41) is 2.88. The second-order valence-electron chi connectivity index (χ2n) is 8.76. The number of anilines is 1. The van der Waals surface area contributed by atoms with Crippen LogP contribution in [0.15, 0.2) is 58.4 Å². The number of rotatable bonds is 5. The van der Waals surface area contributed by atoms with Crippen molar-refractivity contribution in [2.75, 3.05) is 4.72 Å². The molecule has 1 amide bonds. The van der Waals surface area contributed by atoms with E-state index in [0.717, 1.165) is 43.9 Å². The molecule has 3 aromatic rings. The Morgan fingerprint density at radius 3 is 2.54 bits per heavy atom. The van der Waals surface area contributed by atoms with Crippen LogP contribution in [-0.4, -0.2) is 25.4 Å². The number of aromatic amines is 1. The summed E-state index contributed by atoms with van der Waals surface area (Å²) in [4.78, 5) is 28.4. The molecular formula is C24H24F3N3O4S. The van der Waals surface area contributed by atoms with Gasteiger partial charge < -0.3 is 10.3 Å². The molecule has 2 atom stereocenters. The van der Waals surface area contributed by atoms with Gasteiger partial charge in [-0.25, -0.2) is 8.42 Å². The Morgan fingerprint density at radius 2 is 1.83 bits per heavy atom. The molecule has 0 saturated heterocycles. The predicted molar refractivity (Wildman–Crippen MR) is 126 cm³/mol. The maximum Gasteiger partial charge on any atom is 0.416 e. The third-order valence-corrected chi connectivity index (χ3v) is 7.66. The lowest BCUT2D eigenvalue weighted by Crippen LogP contribution is -2.42. The fourth-order valence-corrected chi connectivity index (χ4v) is 5.36. The Balaban J connectivity index is 1.64. The molecule has 0 radical (unpaired) electrons. The van der Waals surface area contributed by atoms with Crippen molar-refractivity contribution in [3.05, 3.63) is 70.0 Å². The smallest absolute Gasteiger partial charge is 0.360 e. The van der Waals surface area contributed by atoms with E-state index in [4.69, 9.17) is 0 Å². The van der Waals surface area contributed by atoms with E-state index in [1.165, 1.54) is 24.4 Å². The van der Waals surface area contributed by atoms with Crippen molar-refractivity contribution in [3.8, 4) is 0 Å². The first-order valence-corrected chi connectivity index (χ1v) is 12.6. The molecule has 3 N–H and O–H groups in total. The average Bonchev–Trinajstić information content (AvgIpc) is 2.80. The number of carbonyl (C=O) groups excluding carboxylic acids is 1. The highest BCUT2D eigenvalue weighted by Gasteiger charge is 2.31. The van der Waals surface area contributed by atoms with Gasteiger partial charge in [-0.2, -0.15) is 13.2 Å². The molecule has 1 aromatic heterocycles. The highest BCUT2D eigenvalue weighted by atomic mass is 32.2. The largest absolute Gasteiger partial charge is 0.416 e. The maximum atomic E-state index is 13.1. The molecule has 1 heterocycles. The number of benzene rings is 2. The molecule has 4 rings (SSSR count). The van der Waals surface area contributed by atoms with Gasteiger partial charge in [0.05, 0.1) is 10.5 Å². The van der Waals surface area contributed by atoms with E-state index in [-0.39, 0.29) is 33.5 Å². The minimum atomic E-state index is -4.63. The zero-order valence-corrected chi connectivity index (χ0v) is 19.6. The van der Waals surface area contributed by atoms with Crippen molar-refractivity contribution in [2.24, 2.45) is 5.92 Å². The number of pyridine rings is 1. The summed E-state index contributed by atoms with van der Waals surface area (Å²) in [5.74, 6) is -0.256. The standard InChI is InChI=1S/C24H24F3N3O4S/c1-14-5-2-3-8-20(14)29-23(32)19-13-28-21-10-9-17(12-18(21)22(19)31)35(33,34)30-16-7-4-6-15(11-16)24(25,26)27/h4,6-7,9-14,20,30H,2-3,5,8H2,1H3,(H,28,31)(H,29,32). The first-order chi connectivity index (χ1) is 16.5. The Labute approximate surface area is 199 Å². The van der Waals surface area contributed by atoms with Crippen molar-refractivity contribution in [3.63, 3.8) is 0 Å². The first-order valence-electron chi connectivity index (χ1n) is 11.1. The van der Waals surface area contributed by atoms with E-state index >= 15 is 0 Å². The van der Waals surface area contributed by atoms with Crippen molar-refractivity contribution in [1.29, 1.82) is 0 Å². The van der Waals surface area contributed by atoms with Gasteiger partial charge in [-0.1, -0.05) is 25.8 Å². The number of halogens is 3. The Hall–Kier alpha value is -3.34. The number of alkyl halides is 3. The van der Waals surface area contributed by atoms with Crippen molar-refractivity contribution in [1.82, 2.24) is 10.3 Å². The summed E-state index contributed by atoms with van der Waals surface area (Å²) in [7, 11) is -4.32. The van der Waals surface area contributed by atoms with Crippen LogP contribution in [0.1, 0.15) is 48.5 Å². The Kier molecular flexibility index (Phi) is 6.63. The van der Waals surface area contributed by atoms with Gasteiger partial charge >= 0.3 is 6.18 Å².